The molecule has 0 aliphatic rings. The van der Waals surface area contributed by atoms with E-state index in [1.54, 1.807) is 12.1 Å². The first-order chi connectivity index (χ1) is 4.72. The molecule has 0 radical (unpaired) electrons. The summed E-state index contributed by atoms with van der Waals surface area (Å²) >= 11 is 11.1. The monoisotopic (exact) mass is 171 g/mol. The summed E-state index contributed by atoms with van der Waals surface area (Å²) in [5, 5.41) is 0.640. The van der Waals surface area contributed by atoms with Crippen LogP contribution in [0.5, 0.6) is 0 Å². The molecule has 0 N–H and O–H groups in total. The van der Waals surface area contributed by atoms with Crippen molar-refractivity contribution in [2.45, 2.75) is 0 Å². The lowest BCUT2D eigenvalue weighted by atomic mass is 10.3. The van der Waals surface area contributed by atoms with Gasteiger partial charge in [0.2, 0.25) is 0 Å². The van der Waals surface area contributed by atoms with Gasteiger partial charge in [-0.3, -0.25) is 0 Å². The van der Waals surface area contributed by atoms with E-state index in [4.69, 9.17) is 29.6 Å². The summed E-state index contributed by atoms with van der Waals surface area (Å²) < 4.78 is 0. The van der Waals surface area contributed by atoms with Crippen molar-refractivity contribution in [3.8, 4) is 12.3 Å². The Bertz CT molecular complexity index is 268. The number of hydrogen-bond donors (Lipinski definition) is 0. The molecule has 10 heavy (non-hydrogen) atoms. The van der Waals surface area contributed by atoms with Crippen molar-refractivity contribution in [3.05, 3.63) is 28.0 Å². The fourth-order valence-electron chi connectivity index (χ4n) is 0.548. The Labute approximate surface area is 69.0 Å². The molecule has 0 saturated heterocycles. The minimum absolute atomic E-state index is 0.320. The molecule has 0 fully saturated rings. The molecule has 0 atom stereocenters. The van der Waals surface area contributed by atoms with Gasteiger partial charge in [0, 0.05) is 5.56 Å². The van der Waals surface area contributed by atoms with Crippen LogP contribution in [0.1, 0.15) is 5.56 Å². The zero-order valence-corrected chi connectivity index (χ0v) is 6.45. The van der Waals surface area contributed by atoms with E-state index in [-0.39, 0.29) is 0 Å². The van der Waals surface area contributed by atoms with Gasteiger partial charge in [0.15, 0.2) is 0 Å². The molecule has 0 aliphatic carbocycles. The van der Waals surface area contributed by atoms with Crippen molar-refractivity contribution >= 4 is 23.2 Å². The first-order valence-electron chi connectivity index (χ1n) is 2.52. The topological polar surface area (TPSA) is 12.9 Å². The maximum Gasteiger partial charge on any atom is 0.132 e. The van der Waals surface area contributed by atoms with Gasteiger partial charge in [-0.05, 0) is 12.1 Å². The molecule has 1 aromatic heterocycles. The number of terminal acetylenes is 1. The van der Waals surface area contributed by atoms with E-state index < -0.39 is 0 Å². The number of pyridine rings is 1. The summed E-state index contributed by atoms with van der Waals surface area (Å²) in [4.78, 5) is 3.72. The van der Waals surface area contributed by atoms with E-state index in [0.717, 1.165) is 0 Å². The summed E-state index contributed by atoms with van der Waals surface area (Å²) in [6.07, 6.45) is 5.09. The third-order valence-corrected chi connectivity index (χ3v) is 1.32. The highest BCUT2D eigenvalue weighted by atomic mass is 35.5. The van der Waals surface area contributed by atoms with E-state index >= 15 is 0 Å². The quantitative estimate of drug-likeness (QED) is 0.432. The van der Waals surface area contributed by atoms with Crippen LogP contribution in [0.2, 0.25) is 10.3 Å². The highest BCUT2D eigenvalue weighted by molar-refractivity contribution is 6.32. The Morgan fingerprint density at radius 2 is 1.80 bits per heavy atom. The van der Waals surface area contributed by atoms with Gasteiger partial charge in [0.25, 0.3) is 0 Å². The number of hydrogen-bond acceptors (Lipinski definition) is 1. The largest absolute Gasteiger partial charge is 0.224 e. The van der Waals surface area contributed by atoms with Crippen LogP contribution in [-0.4, -0.2) is 4.98 Å². The third-order valence-electron chi connectivity index (χ3n) is 0.929. The van der Waals surface area contributed by atoms with Gasteiger partial charge >= 0.3 is 0 Å². The molecular weight excluding hydrogens is 169 g/mol. The molecule has 0 amide bonds. The highest BCUT2D eigenvalue weighted by Crippen LogP contribution is 2.13. The van der Waals surface area contributed by atoms with Crippen LogP contribution < -0.4 is 0 Å². The molecule has 0 aliphatic heterocycles. The zero-order chi connectivity index (χ0) is 7.56. The highest BCUT2D eigenvalue weighted by Gasteiger charge is 1.94. The minimum atomic E-state index is 0.320. The molecule has 50 valence electrons. The predicted molar refractivity (Wildman–Crippen MR) is 42.2 cm³/mol. The van der Waals surface area contributed by atoms with E-state index in [0.29, 0.717) is 15.9 Å². The molecule has 1 nitrogen and oxygen atoms in total. The normalized spacial score (nSPS) is 8.90. The fourth-order valence-corrected chi connectivity index (χ4v) is 1.01. The molecule has 0 aromatic carbocycles. The van der Waals surface area contributed by atoms with Crippen LogP contribution >= 0.6 is 23.2 Å². The lowest BCUT2D eigenvalue weighted by Crippen LogP contribution is -1.79. The maximum absolute atomic E-state index is 5.54. The standard InChI is InChI=1S/C7H3Cl2N/c1-2-5-3-6(8)10-7(9)4-5/h1,3-4H. The molecule has 0 spiro atoms. The van der Waals surface area contributed by atoms with Crippen molar-refractivity contribution in [2.24, 2.45) is 0 Å². The van der Waals surface area contributed by atoms with Crippen molar-refractivity contribution in [2.75, 3.05) is 0 Å². The average molecular weight is 172 g/mol. The van der Waals surface area contributed by atoms with Gasteiger partial charge < -0.3 is 0 Å². The van der Waals surface area contributed by atoms with Gasteiger partial charge in [0.1, 0.15) is 10.3 Å². The first kappa shape index (κ1) is 7.40. The van der Waals surface area contributed by atoms with Crippen LogP contribution in [0.4, 0.5) is 0 Å². The Hall–Kier alpha value is -0.710. The van der Waals surface area contributed by atoms with E-state index in [2.05, 4.69) is 10.9 Å². The van der Waals surface area contributed by atoms with Crippen LogP contribution in [-0.2, 0) is 0 Å². The molecule has 1 heterocycles. The van der Waals surface area contributed by atoms with Crippen molar-refractivity contribution in [1.82, 2.24) is 4.98 Å². The van der Waals surface area contributed by atoms with Crippen LogP contribution in [0.15, 0.2) is 12.1 Å². The number of halogens is 2. The Kier molecular flexibility index (Phi) is 2.16. The predicted octanol–water partition coefficient (Wildman–Crippen LogP) is 2.37. The Balaban J connectivity index is 3.22. The second-order valence-electron chi connectivity index (χ2n) is 1.65. The van der Waals surface area contributed by atoms with Gasteiger partial charge in [-0.2, -0.15) is 0 Å². The molecule has 0 saturated carbocycles. The fraction of sp³-hybridized carbons (Fsp3) is 0. The molecular formula is C7H3Cl2N. The Morgan fingerprint density at radius 3 is 2.20 bits per heavy atom. The van der Waals surface area contributed by atoms with E-state index in [1.165, 1.54) is 0 Å². The first-order valence-corrected chi connectivity index (χ1v) is 3.27. The molecule has 1 aromatic rings. The molecule has 1 rings (SSSR count). The van der Waals surface area contributed by atoms with E-state index in [1.807, 2.05) is 0 Å². The molecule has 3 heteroatoms. The summed E-state index contributed by atoms with van der Waals surface area (Å²) in [6.45, 7) is 0. The SMILES string of the molecule is C#Cc1cc(Cl)nc(Cl)c1. The van der Waals surface area contributed by atoms with E-state index in [9.17, 15) is 0 Å². The summed E-state index contributed by atoms with van der Waals surface area (Å²) in [7, 11) is 0. The summed E-state index contributed by atoms with van der Waals surface area (Å²) in [5.41, 5.74) is 0.644. The van der Waals surface area contributed by atoms with Gasteiger partial charge in [-0.15, -0.1) is 6.42 Å². The van der Waals surface area contributed by atoms with Crippen molar-refractivity contribution in [3.63, 3.8) is 0 Å². The minimum Gasteiger partial charge on any atom is -0.224 e. The van der Waals surface area contributed by atoms with Gasteiger partial charge in [0.05, 0.1) is 0 Å². The smallest absolute Gasteiger partial charge is 0.132 e. The summed E-state index contributed by atoms with van der Waals surface area (Å²) in [6, 6.07) is 3.15. The van der Waals surface area contributed by atoms with Crippen molar-refractivity contribution in [1.29, 1.82) is 0 Å². The van der Waals surface area contributed by atoms with Crippen LogP contribution in [0.25, 0.3) is 0 Å². The maximum atomic E-state index is 5.54. The van der Waals surface area contributed by atoms with Crippen LogP contribution in [0.3, 0.4) is 0 Å². The van der Waals surface area contributed by atoms with Gasteiger partial charge in [-0.25, -0.2) is 4.98 Å². The number of aromatic nitrogens is 1. The second-order valence-corrected chi connectivity index (χ2v) is 2.42. The van der Waals surface area contributed by atoms with Crippen molar-refractivity contribution < 1.29 is 0 Å². The number of nitrogens with zero attached hydrogens (tertiary/aromatic N) is 1. The van der Waals surface area contributed by atoms with Gasteiger partial charge in [-0.1, -0.05) is 29.1 Å². The molecule has 0 unspecified atom stereocenters. The lowest BCUT2D eigenvalue weighted by molar-refractivity contribution is 1.32. The second kappa shape index (κ2) is 2.92. The molecule has 0 bridgehead atoms. The van der Waals surface area contributed by atoms with Crippen LogP contribution in [0, 0.1) is 12.3 Å². The lowest BCUT2D eigenvalue weighted by Gasteiger charge is -1.92. The zero-order valence-electron chi connectivity index (χ0n) is 4.94. The third kappa shape index (κ3) is 1.63. The average Bonchev–Trinajstić information content (AvgIpc) is 1.85. The number of rotatable bonds is 0. The Morgan fingerprint density at radius 1 is 1.30 bits per heavy atom. The summed E-state index contributed by atoms with van der Waals surface area (Å²) in [5.74, 6) is 2.40.